The van der Waals surface area contributed by atoms with Crippen LogP contribution in [0.25, 0.3) is 5.52 Å². The molecule has 0 bridgehead atoms. The molecule has 5 amide bonds. The number of benzene rings is 2. The molecule has 3 heterocycles. The maximum absolute atomic E-state index is 14.6. The van der Waals surface area contributed by atoms with Crippen LogP contribution in [0.3, 0.4) is 0 Å². The number of aryl methyl sites for hydroxylation is 1. The Bertz CT molecular complexity index is 2040. The number of carbonyl (C=O) groups excluding carboxylic acids is 3. The largest absolute Gasteiger partial charge is 0.497 e. The fourth-order valence-corrected chi connectivity index (χ4v) is 7.44. The first-order chi connectivity index (χ1) is 27.3. The monoisotopic (exact) mass is 798 g/mol. The highest BCUT2D eigenvalue weighted by Gasteiger charge is 2.44. The normalized spacial score (nSPS) is 15.6. The summed E-state index contributed by atoms with van der Waals surface area (Å²) in [5.74, 6) is 0.428. The van der Waals surface area contributed by atoms with Gasteiger partial charge in [0.1, 0.15) is 23.7 Å². The predicted molar refractivity (Wildman–Crippen MR) is 220 cm³/mol. The quantitative estimate of drug-likeness (QED) is 0.101. The molecule has 1 fully saturated rings. The third-order valence-electron chi connectivity index (χ3n) is 10.3. The van der Waals surface area contributed by atoms with Crippen LogP contribution in [0.4, 0.5) is 9.59 Å². The number of nitrogens with one attached hydrogen (secondary N) is 3. The molecule has 0 saturated carbocycles. The summed E-state index contributed by atoms with van der Waals surface area (Å²) in [6.45, 7) is 13.9. The fraction of sp³-hybridized carbons (Fsp3) is 0.465. The number of hydrogen-bond acceptors (Lipinski definition) is 8. The van der Waals surface area contributed by atoms with Gasteiger partial charge < -0.3 is 39.8 Å². The maximum atomic E-state index is 14.6. The molecule has 2 aromatic heterocycles. The summed E-state index contributed by atoms with van der Waals surface area (Å²) in [5.41, 5.74) is 4.69. The number of ether oxygens (including phenoxy) is 1. The number of nitrogens with zero attached hydrogens (tertiary/aromatic N) is 5. The van der Waals surface area contributed by atoms with Gasteiger partial charge in [-0.3, -0.25) is 15.0 Å². The Morgan fingerprint density at radius 3 is 2.17 bits per heavy atom. The number of pyridine rings is 1. The lowest BCUT2D eigenvalue weighted by Gasteiger charge is -2.38. The van der Waals surface area contributed by atoms with Crippen molar-refractivity contribution in [2.24, 2.45) is 10.8 Å². The van der Waals surface area contributed by atoms with E-state index < -0.39 is 53.0 Å². The third kappa shape index (κ3) is 10.8. The molecule has 58 heavy (non-hydrogen) atoms. The molecule has 0 aliphatic carbocycles. The average Bonchev–Trinajstić information content (AvgIpc) is 3.67. The van der Waals surface area contributed by atoms with Crippen molar-refractivity contribution in [3.8, 4) is 5.75 Å². The molecule has 312 valence electrons. The number of hydrogen-bond donors (Lipinski definition) is 5. The Morgan fingerprint density at radius 1 is 0.879 bits per heavy atom. The molecule has 5 rings (SSSR count). The van der Waals surface area contributed by atoms with E-state index in [2.05, 4.69) is 16.1 Å². The summed E-state index contributed by atoms with van der Waals surface area (Å²) in [6.07, 6.45) is -0.411. The smallest absolute Gasteiger partial charge is 0.405 e. The van der Waals surface area contributed by atoms with Crippen molar-refractivity contribution in [3.05, 3.63) is 102 Å². The Hall–Kier alpha value is -5.67. The summed E-state index contributed by atoms with van der Waals surface area (Å²) in [6, 6.07) is 19.3. The van der Waals surface area contributed by atoms with E-state index >= 15 is 0 Å². The van der Waals surface area contributed by atoms with Gasteiger partial charge in [-0.15, -0.1) is 0 Å². The molecule has 4 aromatic rings. The zero-order valence-electron chi connectivity index (χ0n) is 34.7. The van der Waals surface area contributed by atoms with E-state index in [4.69, 9.17) is 9.72 Å². The molecule has 1 aliphatic heterocycles. The molecular weight excluding hydrogens is 741 g/mol. The number of amides is 5. The number of methoxy groups -OCH3 is 1. The van der Waals surface area contributed by atoms with E-state index in [1.54, 1.807) is 49.8 Å². The van der Waals surface area contributed by atoms with Crippen molar-refractivity contribution in [2.45, 2.75) is 92.2 Å². The summed E-state index contributed by atoms with van der Waals surface area (Å²) < 4.78 is 7.29. The van der Waals surface area contributed by atoms with Crippen LogP contribution in [-0.4, -0.2) is 109 Å². The van der Waals surface area contributed by atoms with Crippen molar-refractivity contribution >= 4 is 29.5 Å². The number of urea groups is 1. The van der Waals surface area contributed by atoms with Crippen LogP contribution >= 0.6 is 0 Å². The van der Waals surface area contributed by atoms with Gasteiger partial charge in [-0.05, 0) is 59.6 Å². The van der Waals surface area contributed by atoms with E-state index in [1.165, 1.54) is 5.01 Å². The third-order valence-corrected chi connectivity index (χ3v) is 10.3. The molecule has 4 atom stereocenters. The van der Waals surface area contributed by atoms with Crippen LogP contribution in [-0.2, 0) is 29.1 Å². The van der Waals surface area contributed by atoms with E-state index in [1.807, 2.05) is 99.0 Å². The standard InChI is InChI=1S/C43H58N8O7/c1-28-44-33(34-16-12-13-21-50(28)34)26-48-22-23-51(41(48)57)37(43(5,6)7)39(54)45-32(24-29-14-10-9-11-15-29)35(52)27-49(25-30-17-19-31(58-8)20-18-30)47-38(53)36(42(2,3)4)46-40(55)56/h9-21,32,35-37,46,52H,22-27H2,1-8H3,(H,45,54)(H,47,53)(H,55,56)/t32-,35-,36+,37+/m0/s1. The lowest BCUT2D eigenvalue weighted by atomic mass is 9.84. The number of rotatable bonds is 16. The van der Waals surface area contributed by atoms with Crippen molar-refractivity contribution in [1.82, 2.24) is 40.3 Å². The van der Waals surface area contributed by atoms with Crippen molar-refractivity contribution in [1.29, 1.82) is 0 Å². The van der Waals surface area contributed by atoms with Crippen molar-refractivity contribution in [2.75, 3.05) is 26.7 Å². The van der Waals surface area contributed by atoms with Gasteiger partial charge in [0.2, 0.25) is 5.91 Å². The summed E-state index contributed by atoms with van der Waals surface area (Å²) in [5, 5.41) is 28.6. The number of hydrazine groups is 1. The minimum absolute atomic E-state index is 0.136. The van der Waals surface area contributed by atoms with E-state index in [0.29, 0.717) is 25.4 Å². The van der Waals surface area contributed by atoms with E-state index in [9.17, 15) is 29.4 Å². The SMILES string of the molecule is COc1ccc(CN(C[C@H](O)[C@H](Cc2ccccc2)NC(=O)[C@@H](N2CCN(Cc3nc(C)n4ccccc34)C2=O)C(C)(C)C)NC(=O)[C@@H](NC(=O)O)C(C)(C)C)cc1. The molecule has 1 saturated heterocycles. The van der Waals surface area contributed by atoms with Crippen LogP contribution < -0.4 is 20.8 Å². The van der Waals surface area contributed by atoms with Gasteiger partial charge in [0.15, 0.2) is 0 Å². The maximum Gasteiger partial charge on any atom is 0.405 e. The van der Waals surface area contributed by atoms with Gasteiger partial charge in [-0.25, -0.2) is 19.6 Å². The molecule has 15 nitrogen and oxygen atoms in total. The lowest BCUT2D eigenvalue weighted by Crippen LogP contribution is -2.61. The molecule has 2 aromatic carbocycles. The Balaban J connectivity index is 1.40. The summed E-state index contributed by atoms with van der Waals surface area (Å²) in [4.78, 5) is 62.2. The second-order valence-electron chi connectivity index (χ2n) is 17.1. The molecule has 1 aliphatic rings. The molecule has 15 heteroatoms. The van der Waals surface area contributed by atoms with Crippen LogP contribution in [0.1, 0.15) is 64.2 Å². The van der Waals surface area contributed by atoms with E-state index in [0.717, 1.165) is 28.2 Å². The van der Waals surface area contributed by atoms with Crippen LogP contribution in [0.2, 0.25) is 0 Å². The Labute approximate surface area is 340 Å². The van der Waals surface area contributed by atoms with Crippen LogP contribution in [0.5, 0.6) is 5.75 Å². The summed E-state index contributed by atoms with van der Waals surface area (Å²) >= 11 is 0. The fourth-order valence-electron chi connectivity index (χ4n) is 7.44. The summed E-state index contributed by atoms with van der Waals surface area (Å²) in [7, 11) is 1.56. The minimum Gasteiger partial charge on any atom is -0.497 e. The molecule has 0 unspecified atom stereocenters. The number of carbonyl (C=O) groups is 4. The predicted octanol–water partition coefficient (Wildman–Crippen LogP) is 4.61. The van der Waals surface area contributed by atoms with Gasteiger partial charge in [0.05, 0.1) is 37.0 Å². The van der Waals surface area contributed by atoms with Gasteiger partial charge >= 0.3 is 12.1 Å². The zero-order chi connectivity index (χ0) is 42.4. The lowest BCUT2D eigenvalue weighted by molar-refractivity contribution is -0.133. The highest BCUT2D eigenvalue weighted by Crippen LogP contribution is 2.30. The number of imidazole rings is 1. The molecule has 0 radical (unpaired) electrons. The number of fused-ring (bicyclic) bond motifs is 1. The number of carboxylic acid groups (broad SMARTS) is 1. The highest BCUT2D eigenvalue weighted by atomic mass is 16.5. The molecular formula is C43H58N8O7. The zero-order valence-corrected chi connectivity index (χ0v) is 34.7. The first kappa shape index (κ1) is 43.5. The highest BCUT2D eigenvalue weighted by molar-refractivity contribution is 5.89. The topological polar surface area (TPSA) is 181 Å². The number of aliphatic hydroxyl groups is 1. The Kier molecular flexibility index (Phi) is 13.7. The Morgan fingerprint density at radius 2 is 1.55 bits per heavy atom. The first-order valence-corrected chi connectivity index (χ1v) is 19.5. The number of aromatic nitrogens is 2. The van der Waals surface area contributed by atoms with Crippen LogP contribution in [0, 0.1) is 17.8 Å². The van der Waals surface area contributed by atoms with Gasteiger partial charge in [-0.2, -0.15) is 0 Å². The van der Waals surface area contributed by atoms with Gasteiger partial charge in [-0.1, -0.05) is 90.1 Å². The minimum atomic E-state index is -1.35. The molecule has 0 spiro atoms. The van der Waals surface area contributed by atoms with E-state index in [-0.39, 0.29) is 25.5 Å². The van der Waals surface area contributed by atoms with Gasteiger partial charge in [0.25, 0.3) is 5.91 Å². The second-order valence-corrected chi connectivity index (χ2v) is 17.1. The van der Waals surface area contributed by atoms with Gasteiger partial charge in [0, 0.05) is 32.4 Å². The second kappa shape index (κ2) is 18.3. The average molecular weight is 799 g/mol. The van der Waals surface area contributed by atoms with Crippen LogP contribution in [0.15, 0.2) is 79.0 Å². The van der Waals surface area contributed by atoms with Crippen molar-refractivity contribution in [3.63, 3.8) is 0 Å². The first-order valence-electron chi connectivity index (χ1n) is 19.5. The molecule has 5 N–H and O–H groups in total. The number of aliphatic hydroxyl groups excluding tert-OH is 1. The van der Waals surface area contributed by atoms with Crippen molar-refractivity contribution < 1.29 is 34.1 Å².